The van der Waals surface area contributed by atoms with Crippen LogP contribution in [0.15, 0.2) is 36.5 Å². The number of pyridine rings is 1. The zero-order valence-corrected chi connectivity index (χ0v) is 20.1. The van der Waals surface area contributed by atoms with Gasteiger partial charge >= 0.3 is 0 Å². The average molecular weight is 451 g/mol. The number of thiazole rings is 1. The maximum atomic E-state index is 9.72. The van der Waals surface area contributed by atoms with Gasteiger partial charge in [0.1, 0.15) is 11.5 Å². The molecule has 3 aromatic rings. The van der Waals surface area contributed by atoms with Gasteiger partial charge < -0.3 is 20.1 Å². The minimum atomic E-state index is 0.0261. The quantitative estimate of drug-likeness (QED) is 0.570. The number of hydrogen-bond acceptors (Lipinski definition) is 7. The van der Waals surface area contributed by atoms with E-state index >= 15 is 0 Å². The lowest BCUT2D eigenvalue weighted by Gasteiger charge is -2.48. The molecule has 2 aliphatic heterocycles. The molecular formula is C25H30N4O2S. The van der Waals surface area contributed by atoms with Crippen LogP contribution in [0.4, 0.5) is 5.13 Å². The second kappa shape index (κ2) is 7.46. The molecule has 0 unspecified atom stereocenters. The molecule has 0 amide bonds. The molecule has 168 valence electrons. The number of aromatic hydroxyl groups is 1. The number of nitrogens with one attached hydrogen (secondary N) is 1. The highest BCUT2D eigenvalue weighted by Gasteiger charge is 2.40. The molecule has 0 aliphatic carbocycles. The van der Waals surface area contributed by atoms with Crippen molar-refractivity contribution in [3.63, 3.8) is 0 Å². The molecule has 0 spiro atoms. The third-order valence-electron chi connectivity index (χ3n) is 6.40. The topological polar surface area (TPSA) is 70.5 Å². The molecular weight excluding hydrogens is 420 g/mol. The van der Waals surface area contributed by atoms with Crippen LogP contribution in [0.3, 0.4) is 0 Å². The molecule has 1 aromatic carbocycles. The first-order valence-corrected chi connectivity index (χ1v) is 11.9. The van der Waals surface area contributed by atoms with E-state index in [9.17, 15) is 5.11 Å². The van der Waals surface area contributed by atoms with Crippen molar-refractivity contribution in [2.45, 2.75) is 64.3 Å². The Bertz CT molecular complexity index is 1150. The van der Waals surface area contributed by atoms with E-state index in [4.69, 9.17) is 9.72 Å². The first kappa shape index (κ1) is 21.2. The smallest absolute Gasteiger partial charge is 0.234 e. The van der Waals surface area contributed by atoms with Gasteiger partial charge in [-0.15, -0.1) is 0 Å². The highest BCUT2D eigenvalue weighted by atomic mass is 32.1. The van der Waals surface area contributed by atoms with Crippen LogP contribution in [0.2, 0.25) is 0 Å². The zero-order valence-electron chi connectivity index (χ0n) is 19.3. The van der Waals surface area contributed by atoms with Crippen LogP contribution in [0.1, 0.15) is 46.1 Å². The fourth-order valence-corrected chi connectivity index (χ4v) is 6.38. The fraction of sp³-hybridized carbons (Fsp3) is 0.440. The molecule has 0 bridgehead atoms. The molecule has 0 atom stereocenters. The lowest BCUT2D eigenvalue weighted by molar-refractivity contribution is 0.161. The van der Waals surface area contributed by atoms with Crippen LogP contribution >= 0.6 is 11.3 Å². The first-order valence-electron chi connectivity index (χ1n) is 11.0. The molecule has 0 radical (unpaired) electrons. The lowest BCUT2D eigenvalue weighted by atomic mass is 9.79. The van der Waals surface area contributed by atoms with E-state index in [1.54, 1.807) is 23.6 Å². The highest BCUT2D eigenvalue weighted by Crippen LogP contribution is 2.46. The fourth-order valence-electron chi connectivity index (χ4n) is 5.27. The minimum Gasteiger partial charge on any atom is -0.493 e. The van der Waals surface area contributed by atoms with Crippen LogP contribution in [-0.2, 0) is 6.61 Å². The number of piperidine rings is 1. The van der Waals surface area contributed by atoms with Crippen molar-refractivity contribution in [3.8, 4) is 33.3 Å². The third-order valence-corrected chi connectivity index (χ3v) is 7.56. The van der Waals surface area contributed by atoms with Gasteiger partial charge in [0.05, 0.1) is 0 Å². The Labute approximate surface area is 193 Å². The molecule has 2 N–H and O–H groups in total. The summed E-state index contributed by atoms with van der Waals surface area (Å²) in [5.41, 5.74) is 4.45. The average Bonchev–Trinajstić information content (AvgIpc) is 3.15. The van der Waals surface area contributed by atoms with Gasteiger partial charge in [0, 0.05) is 42.0 Å². The predicted molar refractivity (Wildman–Crippen MR) is 129 cm³/mol. The summed E-state index contributed by atoms with van der Waals surface area (Å²) in [6.07, 6.45) is 3.75. The largest absolute Gasteiger partial charge is 0.493 e. The van der Waals surface area contributed by atoms with E-state index in [-0.39, 0.29) is 17.0 Å². The van der Waals surface area contributed by atoms with Gasteiger partial charge in [0.15, 0.2) is 5.13 Å². The van der Waals surface area contributed by atoms with Crippen molar-refractivity contribution in [2.75, 3.05) is 11.9 Å². The number of anilines is 1. The summed E-state index contributed by atoms with van der Waals surface area (Å²) < 4.78 is 6.06. The van der Waals surface area contributed by atoms with Crippen LogP contribution in [0.5, 0.6) is 11.8 Å². The molecule has 5 rings (SSSR count). The summed E-state index contributed by atoms with van der Waals surface area (Å²) >= 11 is 1.70. The highest BCUT2D eigenvalue weighted by molar-refractivity contribution is 7.19. The summed E-state index contributed by atoms with van der Waals surface area (Å²) in [6.45, 7) is 9.61. The zero-order chi connectivity index (χ0) is 22.7. The number of benzene rings is 1. The summed E-state index contributed by atoms with van der Waals surface area (Å²) in [5, 5.41) is 14.5. The minimum absolute atomic E-state index is 0.0261. The predicted octanol–water partition coefficient (Wildman–Crippen LogP) is 5.22. The van der Waals surface area contributed by atoms with E-state index < -0.39 is 0 Å². The molecule has 1 fully saturated rings. The van der Waals surface area contributed by atoms with Gasteiger partial charge in [-0.2, -0.15) is 4.98 Å². The summed E-state index contributed by atoms with van der Waals surface area (Å²) in [5.74, 6) is 0.754. The van der Waals surface area contributed by atoms with Crippen molar-refractivity contribution in [3.05, 3.63) is 42.1 Å². The van der Waals surface area contributed by atoms with E-state index in [1.165, 1.54) is 5.56 Å². The van der Waals surface area contributed by atoms with Gasteiger partial charge in [-0.1, -0.05) is 23.5 Å². The second-order valence-electron chi connectivity index (χ2n) is 10.3. The number of nitrogens with zero attached hydrogens (tertiary/aromatic N) is 3. The molecule has 6 nitrogen and oxygen atoms in total. The van der Waals surface area contributed by atoms with Gasteiger partial charge in [0.2, 0.25) is 11.8 Å². The van der Waals surface area contributed by atoms with E-state index in [1.807, 2.05) is 6.07 Å². The van der Waals surface area contributed by atoms with Gasteiger partial charge in [-0.3, -0.25) is 0 Å². The van der Waals surface area contributed by atoms with Gasteiger partial charge in [0.25, 0.3) is 0 Å². The van der Waals surface area contributed by atoms with Crippen LogP contribution in [-0.4, -0.2) is 39.2 Å². The first-order chi connectivity index (χ1) is 15.1. The van der Waals surface area contributed by atoms with Gasteiger partial charge in [-0.25, -0.2) is 4.98 Å². The lowest BCUT2D eigenvalue weighted by Crippen LogP contribution is -2.61. The van der Waals surface area contributed by atoms with E-state index in [2.05, 4.69) is 68.1 Å². The molecule has 1 saturated heterocycles. The van der Waals surface area contributed by atoms with Gasteiger partial charge in [-0.05, 0) is 69.4 Å². The second-order valence-corrected chi connectivity index (χ2v) is 11.2. The Morgan fingerprint density at radius 1 is 1.09 bits per heavy atom. The molecule has 7 heteroatoms. The number of aromatic nitrogens is 2. The summed E-state index contributed by atoms with van der Waals surface area (Å²) in [4.78, 5) is 12.2. The number of rotatable bonds is 3. The van der Waals surface area contributed by atoms with Crippen LogP contribution in [0.25, 0.3) is 21.6 Å². The number of fused-ring (bicyclic) bond motifs is 3. The molecule has 4 heterocycles. The SMILES string of the molecule is CN(c1nc2c(s1)-c1ccc(-c3ccnc(O)c3)cc1CO2)C1CC(C)(C)NC(C)(C)C1. The Morgan fingerprint density at radius 3 is 2.53 bits per heavy atom. The third kappa shape index (κ3) is 3.95. The van der Waals surface area contributed by atoms with E-state index in [0.717, 1.165) is 45.4 Å². The molecule has 2 aliphatic rings. The maximum Gasteiger partial charge on any atom is 0.234 e. The number of ether oxygens (including phenoxy) is 1. The number of hydrogen-bond donors (Lipinski definition) is 2. The Balaban J connectivity index is 1.45. The standard InChI is InChI=1S/C25H30N4O2S/c1-24(2)12-18(13-25(3,4)28-24)29(5)23-27-22-21(32-23)19-7-6-15(10-17(19)14-31-22)16-8-9-26-20(30)11-16/h6-11,18,28H,12-14H2,1-5H3,(H,26,30). The molecule has 2 aromatic heterocycles. The van der Waals surface area contributed by atoms with Crippen molar-refractivity contribution in [1.29, 1.82) is 0 Å². The van der Waals surface area contributed by atoms with E-state index in [0.29, 0.717) is 12.6 Å². The maximum absolute atomic E-state index is 9.72. The Hall–Kier alpha value is -2.64. The van der Waals surface area contributed by atoms with Crippen LogP contribution < -0.4 is 15.0 Å². The monoisotopic (exact) mass is 450 g/mol. The molecule has 0 saturated carbocycles. The van der Waals surface area contributed by atoms with Crippen molar-refractivity contribution in [1.82, 2.24) is 15.3 Å². The summed E-state index contributed by atoms with van der Waals surface area (Å²) in [6, 6.07) is 10.4. The Morgan fingerprint density at radius 2 is 1.81 bits per heavy atom. The normalized spacial score (nSPS) is 19.0. The van der Waals surface area contributed by atoms with Crippen LogP contribution in [0, 0.1) is 0 Å². The molecule has 32 heavy (non-hydrogen) atoms. The van der Waals surface area contributed by atoms with Crippen molar-refractivity contribution < 1.29 is 9.84 Å². The van der Waals surface area contributed by atoms with Crippen molar-refractivity contribution in [2.24, 2.45) is 0 Å². The summed E-state index contributed by atoms with van der Waals surface area (Å²) in [7, 11) is 2.16. The Kier molecular flexibility index (Phi) is 4.94. The van der Waals surface area contributed by atoms with Crippen molar-refractivity contribution >= 4 is 16.5 Å².